The number of ether oxygens (including phenoxy) is 1. The highest BCUT2D eigenvalue weighted by atomic mass is 16.5. The van der Waals surface area contributed by atoms with Crippen molar-refractivity contribution in [3.8, 4) is 0 Å². The van der Waals surface area contributed by atoms with Crippen molar-refractivity contribution in [2.24, 2.45) is 0 Å². The van der Waals surface area contributed by atoms with Gasteiger partial charge in [0, 0.05) is 19.4 Å². The first kappa shape index (κ1) is 15.2. The van der Waals surface area contributed by atoms with E-state index < -0.39 is 11.5 Å². The third-order valence-corrected chi connectivity index (χ3v) is 4.95. The Morgan fingerprint density at radius 2 is 1.82 bits per heavy atom. The Hall–Kier alpha value is -1.68. The van der Waals surface area contributed by atoms with Gasteiger partial charge < -0.3 is 10.1 Å². The maximum absolute atomic E-state index is 13.1. The van der Waals surface area contributed by atoms with E-state index in [1.54, 1.807) is 0 Å². The van der Waals surface area contributed by atoms with Gasteiger partial charge in [-0.2, -0.15) is 0 Å². The Kier molecular flexibility index (Phi) is 3.60. The van der Waals surface area contributed by atoms with Crippen LogP contribution in [0.5, 0.6) is 0 Å². The SMILES string of the molecule is Cc1cc(C)c(C2C(=O)NC3(CCOC(C)C3)C2=O)c(C)c1. The topological polar surface area (TPSA) is 55.4 Å². The Labute approximate surface area is 131 Å². The van der Waals surface area contributed by atoms with E-state index in [4.69, 9.17) is 4.74 Å². The summed E-state index contributed by atoms with van der Waals surface area (Å²) in [6.45, 7) is 8.46. The van der Waals surface area contributed by atoms with Gasteiger partial charge in [0.05, 0.1) is 6.10 Å². The predicted octanol–water partition coefficient (Wildman–Crippen LogP) is 2.33. The van der Waals surface area contributed by atoms with Gasteiger partial charge in [-0.1, -0.05) is 17.7 Å². The van der Waals surface area contributed by atoms with E-state index in [-0.39, 0.29) is 17.8 Å². The van der Waals surface area contributed by atoms with Gasteiger partial charge in [-0.05, 0) is 44.4 Å². The maximum Gasteiger partial charge on any atom is 0.235 e. The Bertz CT molecular complexity index is 629. The summed E-state index contributed by atoms with van der Waals surface area (Å²) in [6, 6.07) is 4.08. The van der Waals surface area contributed by atoms with Crippen molar-refractivity contribution in [3.63, 3.8) is 0 Å². The first-order chi connectivity index (χ1) is 10.3. The highest BCUT2D eigenvalue weighted by Gasteiger charge is 2.55. The molecule has 0 aliphatic carbocycles. The van der Waals surface area contributed by atoms with Crippen molar-refractivity contribution in [2.45, 2.75) is 58.1 Å². The quantitative estimate of drug-likeness (QED) is 0.810. The summed E-state index contributed by atoms with van der Waals surface area (Å²) < 4.78 is 5.55. The number of rotatable bonds is 1. The van der Waals surface area contributed by atoms with Gasteiger partial charge in [-0.3, -0.25) is 9.59 Å². The van der Waals surface area contributed by atoms with Crippen LogP contribution in [0, 0.1) is 20.8 Å². The Balaban J connectivity index is 2.03. The number of carbonyl (C=O) groups is 2. The minimum atomic E-state index is -0.733. The molecule has 1 aromatic carbocycles. The molecule has 1 N–H and O–H groups in total. The lowest BCUT2D eigenvalue weighted by atomic mass is 9.78. The van der Waals surface area contributed by atoms with Crippen LogP contribution < -0.4 is 5.32 Å². The van der Waals surface area contributed by atoms with Crippen molar-refractivity contribution in [3.05, 3.63) is 34.4 Å². The van der Waals surface area contributed by atoms with Gasteiger partial charge in [0.25, 0.3) is 0 Å². The molecule has 2 fully saturated rings. The summed E-state index contributed by atoms with van der Waals surface area (Å²) in [7, 11) is 0. The fourth-order valence-corrected chi connectivity index (χ4v) is 4.10. The second-order valence-corrected chi connectivity index (χ2v) is 6.82. The Morgan fingerprint density at radius 3 is 2.41 bits per heavy atom. The van der Waals surface area contributed by atoms with Gasteiger partial charge in [0.1, 0.15) is 11.5 Å². The molecule has 3 unspecified atom stereocenters. The standard InChI is InChI=1S/C18H23NO3/c1-10-7-11(2)14(12(3)8-10)15-16(20)18(19-17(15)21)5-6-22-13(4)9-18/h7-8,13,15H,5-6,9H2,1-4H3,(H,19,21). The van der Waals surface area contributed by atoms with E-state index in [2.05, 4.69) is 5.32 Å². The summed E-state index contributed by atoms with van der Waals surface area (Å²) in [6.07, 6.45) is 1.14. The number of hydrogen-bond acceptors (Lipinski definition) is 3. The zero-order chi connectivity index (χ0) is 16.1. The first-order valence-corrected chi connectivity index (χ1v) is 7.90. The number of aryl methyl sites for hydroxylation is 3. The molecule has 2 aliphatic rings. The molecule has 1 spiro atoms. The second kappa shape index (κ2) is 5.20. The molecule has 0 radical (unpaired) electrons. The molecule has 3 rings (SSSR count). The third kappa shape index (κ3) is 2.26. The van der Waals surface area contributed by atoms with Crippen molar-refractivity contribution in [1.82, 2.24) is 5.32 Å². The summed E-state index contributed by atoms with van der Waals surface area (Å²) in [5.41, 5.74) is 3.33. The van der Waals surface area contributed by atoms with E-state index in [0.717, 1.165) is 22.3 Å². The minimum Gasteiger partial charge on any atom is -0.378 e. The summed E-state index contributed by atoms with van der Waals surface area (Å²) in [5.74, 6) is -0.817. The number of amides is 1. The normalized spacial score (nSPS) is 31.6. The van der Waals surface area contributed by atoms with Crippen LogP contribution in [0.2, 0.25) is 0 Å². The summed E-state index contributed by atoms with van der Waals surface area (Å²) >= 11 is 0. The van der Waals surface area contributed by atoms with Gasteiger partial charge in [0.15, 0.2) is 5.78 Å². The number of Topliss-reactive ketones (excluding diaryl/α,β-unsaturated/α-hetero) is 1. The monoisotopic (exact) mass is 301 g/mol. The smallest absolute Gasteiger partial charge is 0.235 e. The van der Waals surface area contributed by atoms with Gasteiger partial charge in [-0.15, -0.1) is 0 Å². The molecule has 118 valence electrons. The van der Waals surface area contributed by atoms with Crippen molar-refractivity contribution < 1.29 is 14.3 Å². The predicted molar refractivity (Wildman–Crippen MR) is 83.9 cm³/mol. The highest BCUT2D eigenvalue weighted by molar-refractivity contribution is 6.17. The van der Waals surface area contributed by atoms with E-state index in [1.807, 2.05) is 39.8 Å². The van der Waals surface area contributed by atoms with Crippen LogP contribution in [-0.2, 0) is 14.3 Å². The van der Waals surface area contributed by atoms with Crippen LogP contribution >= 0.6 is 0 Å². The molecule has 4 nitrogen and oxygen atoms in total. The van der Waals surface area contributed by atoms with Crippen LogP contribution in [0.1, 0.15) is 47.9 Å². The van der Waals surface area contributed by atoms with Crippen molar-refractivity contribution in [1.29, 1.82) is 0 Å². The van der Waals surface area contributed by atoms with Crippen LogP contribution in [0.15, 0.2) is 12.1 Å². The molecule has 0 bridgehead atoms. The molecule has 2 aliphatic heterocycles. The molecule has 0 saturated carbocycles. The van der Waals surface area contributed by atoms with E-state index in [1.165, 1.54) is 0 Å². The average molecular weight is 301 g/mol. The molecule has 2 heterocycles. The number of hydrogen-bond donors (Lipinski definition) is 1. The molecule has 0 aromatic heterocycles. The lowest BCUT2D eigenvalue weighted by Crippen LogP contribution is -2.52. The minimum absolute atomic E-state index is 0.00281. The lowest BCUT2D eigenvalue weighted by Gasteiger charge is -2.35. The van der Waals surface area contributed by atoms with Crippen LogP contribution in [-0.4, -0.2) is 29.9 Å². The molecule has 1 amide bonds. The van der Waals surface area contributed by atoms with Gasteiger partial charge in [-0.25, -0.2) is 0 Å². The molecule has 22 heavy (non-hydrogen) atoms. The van der Waals surface area contributed by atoms with Crippen LogP contribution in [0.3, 0.4) is 0 Å². The summed E-state index contributed by atoms with van der Waals surface area (Å²) in [5, 5.41) is 3.00. The van der Waals surface area contributed by atoms with E-state index in [0.29, 0.717) is 19.4 Å². The van der Waals surface area contributed by atoms with Gasteiger partial charge in [0.2, 0.25) is 5.91 Å². The van der Waals surface area contributed by atoms with Crippen molar-refractivity contribution in [2.75, 3.05) is 6.61 Å². The zero-order valence-corrected chi connectivity index (χ0v) is 13.7. The number of nitrogens with one attached hydrogen (secondary N) is 1. The number of carbonyl (C=O) groups excluding carboxylic acids is 2. The molecule has 4 heteroatoms. The molecule has 3 atom stereocenters. The van der Waals surface area contributed by atoms with E-state index >= 15 is 0 Å². The lowest BCUT2D eigenvalue weighted by molar-refractivity contribution is -0.129. The first-order valence-electron chi connectivity index (χ1n) is 7.90. The molecular formula is C18H23NO3. The number of benzene rings is 1. The maximum atomic E-state index is 13.1. The molecule has 2 saturated heterocycles. The largest absolute Gasteiger partial charge is 0.378 e. The molecular weight excluding hydrogens is 278 g/mol. The zero-order valence-electron chi connectivity index (χ0n) is 13.7. The fraction of sp³-hybridized carbons (Fsp3) is 0.556. The van der Waals surface area contributed by atoms with Crippen LogP contribution in [0.25, 0.3) is 0 Å². The highest BCUT2D eigenvalue weighted by Crippen LogP contribution is 2.39. The van der Waals surface area contributed by atoms with Gasteiger partial charge >= 0.3 is 0 Å². The van der Waals surface area contributed by atoms with E-state index in [9.17, 15) is 9.59 Å². The Morgan fingerprint density at radius 1 is 1.18 bits per heavy atom. The summed E-state index contributed by atoms with van der Waals surface area (Å²) in [4.78, 5) is 25.7. The third-order valence-electron chi connectivity index (χ3n) is 4.95. The van der Waals surface area contributed by atoms with Crippen LogP contribution in [0.4, 0.5) is 0 Å². The van der Waals surface area contributed by atoms with Crippen molar-refractivity contribution >= 4 is 11.7 Å². The average Bonchev–Trinajstić information content (AvgIpc) is 2.62. The number of ketones is 1. The molecule has 1 aromatic rings. The second-order valence-electron chi connectivity index (χ2n) is 6.82. The fourth-order valence-electron chi connectivity index (χ4n) is 4.10.